The molecule has 1 aromatic heterocycles. The van der Waals surface area contributed by atoms with Gasteiger partial charge in [0, 0.05) is 6.07 Å². The monoisotopic (exact) mass is 480 g/mol. The summed E-state index contributed by atoms with van der Waals surface area (Å²) in [5.41, 5.74) is -1.52. The van der Waals surface area contributed by atoms with Crippen molar-refractivity contribution >= 4 is 11.0 Å². The molecule has 0 amide bonds. The van der Waals surface area contributed by atoms with E-state index in [1.807, 2.05) is 0 Å². The molecule has 1 aliphatic heterocycles. The number of ether oxygens (including phenoxy) is 2. The number of aliphatic hydroxyl groups is 4. The molecule has 5 atom stereocenters. The van der Waals surface area contributed by atoms with E-state index in [-0.39, 0.29) is 16.7 Å². The SMILES string of the molecule is O=c1c(-c2cc(O)c(O)c(O)c2)coc2cc(O)c(O)c(O[C@@H]3O[C@H](CO)[C@@H](O)[C@H](O)[C@H]3O)c12. The Balaban J connectivity index is 1.88. The third kappa shape index (κ3) is 3.70. The van der Waals surface area contributed by atoms with E-state index in [1.165, 1.54) is 0 Å². The second-order valence-electron chi connectivity index (χ2n) is 7.60. The summed E-state index contributed by atoms with van der Waals surface area (Å²) < 4.78 is 16.0. The summed E-state index contributed by atoms with van der Waals surface area (Å²) in [5, 5.41) is 88.5. The Hall–Kier alpha value is -3.75. The minimum atomic E-state index is -1.89. The summed E-state index contributed by atoms with van der Waals surface area (Å²) in [4.78, 5) is 13.3. The molecule has 13 heteroatoms. The first-order valence-corrected chi connectivity index (χ1v) is 9.78. The van der Waals surface area contributed by atoms with Crippen molar-refractivity contribution in [2.24, 2.45) is 0 Å². The second kappa shape index (κ2) is 8.55. The van der Waals surface area contributed by atoms with Gasteiger partial charge in [-0.3, -0.25) is 4.79 Å². The summed E-state index contributed by atoms with van der Waals surface area (Å²) in [5.74, 6) is -4.74. The van der Waals surface area contributed by atoms with E-state index in [0.717, 1.165) is 24.5 Å². The van der Waals surface area contributed by atoms with Crippen molar-refractivity contribution in [3.63, 3.8) is 0 Å². The van der Waals surface area contributed by atoms with Gasteiger partial charge in [-0.1, -0.05) is 0 Å². The van der Waals surface area contributed by atoms with Crippen LogP contribution >= 0.6 is 0 Å². The first-order valence-electron chi connectivity index (χ1n) is 9.78. The Morgan fingerprint density at radius 1 is 0.853 bits per heavy atom. The molecule has 2 aromatic carbocycles. The van der Waals surface area contributed by atoms with Gasteiger partial charge in [-0.05, 0) is 17.7 Å². The quantitative estimate of drug-likeness (QED) is 0.208. The molecule has 9 N–H and O–H groups in total. The predicted molar refractivity (Wildman–Crippen MR) is 111 cm³/mol. The Morgan fingerprint density at radius 3 is 2.09 bits per heavy atom. The van der Waals surface area contributed by atoms with Crippen molar-refractivity contribution < 1.29 is 59.8 Å². The summed E-state index contributed by atoms with van der Waals surface area (Å²) in [6, 6.07) is 2.83. The third-order valence-electron chi connectivity index (χ3n) is 5.44. The second-order valence-corrected chi connectivity index (χ2v) is 7.60. The zero-order valence-corrected chi connectivity index (χ0v) is 17.1. The van der Waals surface area contributed by atoms with Gasteiger partial charge < -0.3 is 59.8 Å². The lowest BCUT2D eigenvalue weighted by atomic mass is 9.99. The highest BCUT2D eigenvalue weighted by molar-refractivity contribution is 5.91. The molecule has 13 nitrogen and oxygen atoms in total. The maximum atomic E-state index is 13.3. The number of benzene rings is 2. The van der Waals surface area contributed by atoms with Crippen LogP contribution < -0.4 is 10.2 Å². The number of fused-ring (bicyclic) bond motifs is 1. The molecule has 0 saturated carbocycles. The molecular formula is C21H20O13. The number of hydrogen-bond donors (Lipinski definition) is 9. The predicted octanol–water partition coefficient (Wildman–Crippen LogP) is -0.833. The molecule has 2 heterocycles. The molecule has 4 rings (SSSR count). The van der Waals surface area contributed by atoms with Crippen molar-refractivity contribution in [3.8, 4) is 45.6 Å². The lowest BCUT2D eigenvalue weighted by molar-refractivity contribution is -0.277. The molecule has 1 fully saturated rings. The number of phenolic OH excluding ortho intramolecular Hbond substituents is 5. The van der Waals surface area contributed by atoms with Gasteiger partial charge in [0.05, 0.1) is 12.2 Å². The fourth-order valence-corrected chi connectivity index (χ4v) is 3.58. The van der Waals surface area contributed by atoms with Gasteiger partial charge in [0.1, 0.15) is 41.6 Å². The van der Waals surface area contributed by atoms with Gasteiger partial charge in [-0.15, -0.1) is 0 Å². The topological polar surface area (TPSA) is 231 Å². The molecule has 0 aliphatic carbocycles. The van der Waals surface area contributed by atoms with Gasteiger partial charge in [0.15, 0.2) is 28.7 Å². The summed E-state index contributed by atoms with van der Waals surface area (Å²) in [6.07, 6.45) is -7.64. The van der Waals surface area contributed by atoms with E-state index >= 15 is 0 Å². The molecule has 34 heavy (non-hydrogen) atoms. The average molecular weight is 480 g/mol. The minimum absolute atomic E-state index is 0.0881. The summed E-state index contributed by atoms with van der Waals surface area (Å²) in [7, 11) is 0. The molecule has 1 aliphatic rings. The van der Waals surface area contributed by atoms with Gasteiger partial charge in [-0.2, -0.15) is 0 Å². The van der Waals surface area contributed by atoms with Crippen molar-refractivity contribution in [1.82, 2.24) is 0 Å². The van der Waals surface area contributed by atoms with Crippen LogP contribution in [0.3, 0.4) is 0 Å². The van der Waals surface area contributed by atoms with E-state index in [9.17, 15) is 50.8 Å². The largest absolute Gasteiger partial charge is 0.504 e. The van der Waals surface area contributed by atoms with E-state index < -0.39 is 82.6 Å². The lowest BCUT2D eigenvalue weighted by Gasteiger charge is -2.39. The molecule has 182 valence electrons. The molecule has 0 bridgehead atoms. The lowest BCUT2D eigenvalue weighted by Crippen LogP contribution is -2.60. The summed E-state index contributed by atoms with van der Waals surface area (Å²) in [6.45, 7) is -0.766. The van der Waals surface area contributed by atoms with Crippen molar-refractivity contribution in [3.05, 3.63) is 34.7 Å². The Morgan fingerprint density at radius 2 is 1.47 bits per heavy atom. The molecule has 3 aromatic rings. The van der Waals surface area contributed by atoms with Crippen LogP contribution in [0.5, 0.6) is 34.5 Å². The van der Waals surface area contributed by atoms with Gasteiger partial charge in [0.2, 0.25) is 17.5 Å². The number of aromatic hydroxyl groups is 5. The Kier molecular flexibility index (Phi) is 5.89. The van der Waals surface area contributed by atoms with Crippen molar-refractivity contribution in [2.45, 2.75) is 30.7 Å². The molecule has 0 spiro atoms. The Bertz CT molecular complexity index is 1280. The third-order valence-corrected chi connectivity index (χ3v) is 5.44. The van der Waals surface area contributed by atoms with Crippen LogP contribution in [0.25, 0.3) is 22.1 Å². The number of rotatable bonds is 4. The minimum Gasteiger partial charge on any atom is -0.504 e. The maximum Gasteiger partial charge on any atom is 0.229 e. The van der Waals surface area contributed by atoms with Crippen LogP contribution in [-0.2, 0) is 4.74 Å². The molecule has 0 radical (unpaired) electrons. The normalized spacial score (nSPS) is 24.9. The average Bonchev–Trinajstić information content (AvgIpc) is 2.80. The number of aliphatic hydroxyl groups excluding tert-OH is 4. The number of phenols is 5. The van der Waals surface area contributed by atoms with Crippen LogP contribution in [0.1, 0.15) is 0 Å². The van der Waals surface area contributed by atoms with Gasteiger partial charge in [0.25, 0.3) is 0 Å². The standard InChI is InChI=1S/C21H20O13/c22-4-12-17(29)18(30)19(31)21(33-12)34-20-13-11(3-10(25)16(20)28)32-5-7(14(13)26)6-1-8(23)15(27)9(24)2-6/h1-3,5,12,17-19,21-25,27-31H,4H2/t12-,17-,18+,19-,21+/m1/s1. The molecular weight excluding hydrogens is 460 g/mol. The van der Waals surface area contributed by atoms with Crippen LogP contribution in [0.2, 0.25) is 0 Å². The zero-order chi connectivity index (χ0) is 24.9. The van der Waals surface area contributed by atoms with Crippen LogP contribution in [-0.4, -0.2) is 83.3 Å². The Labute approximate surface area is 189 Å². The van der Waals surface area contributed by atoms with Crippen LogP contribution in [0.4, 0.5) is 0 Å². The first kappa shape index (κ1) is 23.4. The fraction of sp³-hybridized carbons (Fsp3) is 0.286. The highest BCUT2D eigenvalue weighted by atomic mass is 16.7. The summed E-state index contributed by atoms with van der Waals surface area (Å²) >= 11 is 0. The van der Waals surface area contributed by atoms with Crippen molar-refractivity contribution in [1.29, 1.82) is 0 Å². The smallest absolute Gasteiger partial charge is 0.229 e. The highest BCUT2D eigenvalue weighted by Gasteiger charge is 2.45. The first-order chi connectivity index (χ1) is 16.0. The van der Waals surface area contributed by atoms with Crippen molar-refractivity contribution in [2.75, 3.05) is 6.61 Å². The van der Waals surface area contributed by atoms with Gasteiger partial charge >= 0.3 is 0 Å². The van der Waals surface area contributed by atoms with E-state index in [4.69, 9.17) is 13.9 Å². The van der Waals surface area contributed by atoms with E-state index in [2.05, 4.69) is 0 Å². The molecule has 1 saturated heterocycles. The zero-order valence-electron chi connectivity index (χ0n) is 17.1. The highest BCUT2D eigenvalue weighted by Crippen LogP contribution is 2.44. The number of hydrogen-bond acceptors (Lipinski definition) is 13. The van der Waals surface area contributed by atoms with Gasteiger partial charge in [-0.25, -0.2) is 0 Å². The van der Waals surface area contributed by atoms with Crippen LogP contribution in [0, 0.1) is 0 Å². The maximum absolute atomic E-state index is 13.3. The molecule has 0 unspecified atom stereocenters. The van der Waals surface area contributed by atoms with E-state index in [0.29, 0.717) is 0 Å². The fourth-order valence-electron chi connectivity index (χ4n) is 3.58. The van der Waals surface area contributed by atoms with Crippen LogP contribution in [0.15, 0.2) is 33.7 Å². The van der Waals surface area contributed by atoms with E-state index in [1.54, 1.807) is 0 Å².